The quantitative estimate of drug-likeness (QED) is 0.418. The molecule has 31 heavy (non-hydrogen) atoms. The number of rotatable bonds is 10. The van der Waals surface area contributed by atoms with Gasteiger partial charge in [-0.2, -0.15) is 0 Å². The summed E-state index contributed by atoms with van der Waals surface area (Å²) in [5, 5.41) is 4.89. The van der Waals surface area contributed by atoms with Crippen molar-refractivity contribution in [2.45, 2.75) is 26.7 Å². The van der Waals surface area contributed by atoms with Crippen LogP contribution in [0.1, 0.15) is 37.0 Å². The number of halogens is 1. The second-order valence-electron chi connectivity index (χ2n) is 6.24. The van der Waals surface area contributed by atoms with Gasteiger partial charge in [0.05, 0.1) is 18.8 Å². The minimum absolute atomic E-state index is 0.0430. The largest absolute Gasteiger partial charge is 0.494 e. The van der Waals surface area contributed by atoms with Crippen LogP contribution in [-0.4, -0.2) is 42.7 Å². The van der Waals surface area contributed by atoms with E-state index >= 15 is 0 Å². The molecule has 0 saturated heterocycles. The summed E-state index contributed by atoms with van der Waals surface area (Å²) in [7, 11) is 0. The van der Waals surface area contributed by atoms with Gasteiger partial charge in [0.25, 0.3) is 5.91 Å². The van der Waals surface area contributed by atoms with Crippen LogP contribution in [0.5, 0.6) is 11.6 Å². The highest BCUT2D eigenvalue weighted by molar-refractivity contribution is 6.32. The Labute approximate surface area is 185 Å². The number of pyridine rings is 1. The molecule has 10 heteroatoms. The molecule has 166 valence electrons. The minimum atomic E-state index is -0.930. The van der Waals surface area contributed by atoms with Gasteiger partial charge in [0, 0.05) is 11.9 Å². The van der Waals surface area contributed by atoms with Gasteiger partial charge in [-0.1, -0.05) is 24.9 Å². The van der Waals surface area contributed by atoms with E-state index in [1.54, 1.807) is 31.2 Å². The molecule has 2 aromatic rings. The molecular weight excluding hydrogens is 426 g/mol. The molecule has 2 amide bonds. The van der Waals surface area contributed by atoms with Crippen LogP contribution in [0, 0.1) is 0 Å². The predicted molar refractivity (Wildman–Crippen MR) is 115 cm³/mol. The van der Waals surface area contributed by atoms with E-state index in [0.29, 0.717) is 12.3 Å². The SMILES string of the molecule is CCCCOc1ccc(NC(=O)c2cnc(OC(=O)NCC(=O)OCC)c(Cl)c2)cc1. The lowest BCUT2D eigenvalue weighted by Gasteiger charge is -2.09. The number of unbranched alkanes of at least 4 members (excludes halogenated alkanes) is 1. The summed E-state index contributed by atoms with van der Waals surface area (Å²) in [5.74, 6) is -0.523. The third-order valence-electron chi connectivity index (χ3n) is 3.82. The summed E-state index contributed by atoms with van der Waals surface area (Å²) in [6, 6.07) is 8.30. The molecule has 0 aliphatic heterocycles. The number of benzene rings is 1. The lowest BCUT2D eigenvalue weighted by atomic mass is 10.2. The Bertz CT molecular complexity index is 904. The fourth-order valence-corrected chi connectivity index (χ4v) is 2.48. The van der Waals surface area contributed by atoms with E-state index in [1.165, 1.54) is 12.3 Å². The van der Waals surface area contributed by atoms with Crippen molar-refractivity contribution in [3.05, 3.63) is 47.1 Å². The highest BCUT2D eigenvalue weighted by Gasteiger charge is 2.15. The molecular formula is C21H24ClN3O6. The van der Waals surface area contributed by atoms with Crippen LogP contribution in [0.4, 0.5) is 10.5 Å². The maximum absolute atomic E-state index is 12.4. The van der Waals surface area contributed by atoms with Crippen LogP contribution in [0.25, 0.3) is 0 Å². The van der Waals surface area contributed by atoms with Crippen molar-refractivity contribution in [3.63, 3.8) is 0 Å². The van der Waals surface area contributed by atoms with Crippen LogP contribution in [0.15, 0.2) is 36.5 Å². The van der Waals surface area contributed by atoms with E-state index in [0.717, 1.165) is 18.6 Å². The van der Waals surface area contributed by atoms with Crippen molar-refractivity contribution in [2.24, 2.45) is 0 Å². The maximum atomic E-state index is 12.4. The number of ether oxygens (including phenoxy) is 3. The van der Waals surface area contributed by atoms with Crippen molar-refractivity contribution in [2.75, 3.05) is 25.1 Å². The normalized spacial score (nSPS) is 10.2. The minimum Gasteiger partial charge on any atom is -0.494 e. The number of carbonyl (C=O) groups is 3. The molecule has 1 aromatic carbocycles. The molecule has 2 N–H and O–H groups in total. The van der Waals surface area contributed by atoms with Gasteiger partial charge in [0.15, 0.2) is 0 Å². The number of aromatic nitrogens is 1. The van der Waals surface area contributed by atoms with Gasteiger partial charge in [0.2, 0.25) is 5.88 Å². The molecule has 0 aliphatic rings. The highest BCUT2D eigenvalue weighted by Crippen LogP contribution is 2.23. The van der Waals surface area contributed by atoms with E-state index < -0.39 is 18.0 Å². The first-order valence-electron chi connectivity index (χ1n) is 9.74. The molecule has 9 nitrogen and oxygen atoms in total. The van der Waals surface area contributed by atoms with Crippen molar-refractivity contribution >= 4 is 35.3 Å². The zero-order valence-corrected chi connectivity index (χ0v) is 18.0. The topological polar surface area (TPSA) is 116 Å². The first-order chi connectivity index (χ1) is 14.9. The summed E-state index contributed by atoms with van der Waals surface area (Å²) < 4.78 is 15.2. The lowest BCUT2D eigenvalue weighted by molar-refractivity contribution is -0.141. The molecule has 0 radical (unpaired) electrons. The zero-order chi connectivity index (χ0) is 22.6. The molecule has 2 rings (SSSR count). The third kappa shape index (κ3) is 8.13. The van der Waals surface area contributed by atoms with Gasteiger partial charge in [0.1, 0.15) is 17.3 Å². The Hall–Kier alpha value is -3.33. The molecule has 0 aliphatic carbocycles. The molecule has 0 bridgehead atoms. The van der Waals surface area contributed by atoms with Gasteiger partial charge >= 0.3 is 12.1 Å². The number of hydrogen-bond acceptors (Lipinski definition) is 7. The van der Waals surface area contributed by atoms with Crippen molar-refractivity contribution in [1.29, 1.82) is 0 Å². The number of amides is 2. The smallest absolute Gasteiger partial charge is 0.414 e. The van der Waals surface area contributed by atoms with Crippen LogP contribution in [-0.2, 0) is 9.53 Å². The second kappa shape index (κ2) is 12.4. The molecule has 1 heterocycles. The van der Waals surface area contributed by atoms with E-state index in [-0.39, 0.29) is 29.6 Å². The molecule has 0 unspecified atom stereocenters. The number of nitrogens with one attached hydrogen (secondary N) is 2. The van der Waals surface area contributed by atoms with Gasteiger partial charge in [-0.25, -0.2) is 9.78 Å². The second-order valence-corrected chi connectivity index (χ2v) is 6.65. The van der Waals surface area contributed by atoms with Gasteiger partial charge in [-0.3, -0.25) is 9.59 Å². The maximum Gasteiger partial charge on any atom is 0.414 e. The Morgan fingerprint density at radius 1 is 1.13 bits per heavy atom. The van der Waals surface area contributed by atoms with Crippen molar-refractivity contribution < 1.29 is 28.6 Å². The van der Waals surface area contributed by atoms with E-state index in [1.807, 2.05) is 0 Å². The molecule has 0 spiro atoms. The Balaban J connectivity index is 1.90. The molecule has 0 fully saturated rings. The van der Waals surface area contributed by atoms with Crippen LogP contribution in [0.3, 0.4) is 0 Å². The summed E-state index contributed by atoms with van der Waals surface area (Å²) in [6.07, 6.45) is 2.31. The summed E-state index contributed by atoms with van der Waals surface area (Å²) >= 11 is 6.06. The first kappa shape index (κ1) is 23.9. The fraction of sp³-hybridized carbons (Fsp3) is 0.333. The van der Waals surface area contributed by atoms with Gasteiger partial charge < -0.3 is 24.8 Å². The fourth-order valence-electron chi connectivity index (χ4n) is 2.28. The van der Waals surface area contributed by atoms with Crippen molar-refractivity contribution in [1.82, 2.24) is 10.3 Å². The molecule has 0 atom stereocenters. The van der Waals surface area contributed by atoms with E-state index in [9.17, 15) is 14.4 Å². The average molecular weight is 450 g/mol. The van der Waals surface area contributed by atoms with Crippen LogP contribution >= 0.6 is 11.6 Å². The van der Waals surface area contributed by atoms with E-state index in [4.69, 9.17) is 21.1 Å². The number of hydrogen-bond donors (Lipinski definition) is 2. The number of esters is 1. The summed E-state index contributed by atoms with van der Waals surface area (Å²) in [6.45, 7) is 4.22. The Morgan fingerprint density at radius 3 is 2.52 bits per heavy atom. The van der Waals surface area contributed by atoms with Gasteiger partial charge in [-0.15, -0.1) is 0 Å². The van der Waals surface area contributed by atoms with Crippen LogP contribution < -0.4 is 20.1 Å². The summed E-state index contributed by atoms with van der Waals surface area (Å²) in [4.78, 5) is 39.3. The number of anilines is 1. The van der Waals surface area contributed by atoms with Gasteiger partial charge in [-0.05, 0) is 43.7 Å². The number of nitrogens with zero attached hydrogens (tertiary/aromatic N) is 1. The Kier molecular flexibility index (Phi) is 9.57. The Morgan fingerprint density at radius 2 is 1.87 bits per heavy atom. The molecule has 0 saturated carbocycles. The third-order valence-corrected chi connectivity index (χ3v) is 4.09. The average Bonchev–Trinajstić information content (AvgIpc) is 2.75. The van der Waals surface area contributed by atoms with Crippen LogP contribution in [0.2, 0.25) is 5.02 Å². The lowest BCUT2D eigenvalue weighted by Crippen LogP contribution is -2.33. The summed E-state index contributed by atoms with van der Waals surface area (Å²) in [5.41, 5.74) is 0.746. The monoisotopic (exact) mass is 449 g/mol. The predicted octanol–water partition coefficient (Wildman–Crippen LogP) is 3.82. The van der Waals surface area contributed by atoms with E-state index in [2.05, 4.69) is 27.3 Å². The first-order valence-corrected chi connectivity index (χ1v) is 10.1. The molecule has 1 aromatic heterocycles. The highest BCUT2D eigenvalue weighted by atomic mass is 35.5. The standard InChI is InChI=1S/C21H24ClN3O6/c1-3-5-10-30-16-8-6-15(7-9-16)25-19(27)14-11-17(22)20(23-12-14)31-21(28)24-13-18(26)29-4-2/h6-9,11-12H,3-5,10,13H2,1-2H3,(H,24,28)(H,25,27). The zero-order valence-electron chi connectivity index (χ0n) is 17.3. The van der Waals surface area contributed by atoms with Crippen molar-refractivity contribution in [3.8, 4) is 11.6 Å². The number of carbonyl (C=O) groups excluding carboxylic acids is 3.